The first kappa shape index (κ1) is 11.3. The van der Waals surface area contributed by atoms with Crippen LogP contribution in [0.1, 0.15) is 33.1 Å². The van der Waals surface area contributed by atoms with Gasteiger partial charge in [-0.2, -0.15) is 0 Å². The van der Waals surface area contributed by atoms with Gasteiger partial charge in [-0.25, -0.2) is 0 Å². The molecule has 1 aliphatic heterocycles. The lowest BCUT2D eigenvalue weighted by Gasteiger charge is -2.24. The molecule has 16 heavy (non-hydrogen) atoms. The Bertz CT molecular complexity index is 305. The highest BCUT2D eigenvalue weighted by Crippen LogP contribution is 2.30. The lowest BCUT2D eigenvalue weighted by atomic mass is 9.81. The van der Waals surface area contributed by atoms with Gasteiger partial charge in [-0.05, 0) is 37.2 Å². The largest absolute Gasteiger partial charge is 0.456 e. The molecule has 2 heteroatoms. The fourth-order valence-corrected chi connectivity index (χ4v) is 2.22. The zero-order valence-electron chi connectivity index (χ0n) is 10.1. The maximum absolute atomic E-state index is 5.20. The molecule has 0 aromatic rings. The molecule has 0 N–H and O–H groups in total. The van der Waals surface area contributed by atoms with Crippen LogP contribution in [0.25, 0.3) is 0 Å². The number of hydrogen-bond donors (Lipinski definition) is 0. The number of allylic oxidation sites excluding steroid dienone is 3. The molecule has 1 aliphatic carbocycles. The summed E-state index contributed by atoms with van der Waals surface area (Å²) in [5, 5.41) is 0. The van der Waals surface area contributed by atoms with E-state index in [0.717, 1.165) is 11.8 Å². The molecule has 1 unspecified atom stereocenters. The maximum atomic E-state index is 5.20. The van der Waals surface area contributed by atoms with Gasteiger partial charge in [-0.1, -0.05) is 31.6 Å². The van der Waals surface area contributed by atoms with Gasteiger partial charge in [0.15, 0.2) is 0 Å². The predicted molar refractivity (Wildman–Crippen MR) is 64.5 cm³/mol. The second-order valence-corrected chi connectivity index (χ2v) is 4.84. The van der Waals surface area contributed by atoms with Crippen molar-refractivity contribution < 1.29 is 9.47 Å². The van der Waals surface area contributed by atoms with Crippen LogP contribution in [0.4, 0.5) is 0 Å². The molecule has 2 nitrogen and oxygen atoms in total. The van der Waals surface area contributed by atoms with Crippen LogP contribution in [0.15, 0.2) is 36.3 Å². The molecular formula is C14H20O2. The number of ether oxygens (including phenoxy) is 2. The minimum Gasteiger partial charge on any atom is -0.456 e. The zero-order chi connectivity index (χ0) is 11.4. The highest BCUT2D eigenvalue weighted by Gasteiger charge is 2.17. The van der Waals surface area contributed by atoms with Crippen molar-refractivity contribution in [2.24, 2.45) is 11.8 Å². The normalized spacial score (nSPS) is 25.9. The summed E-state index contributed by atoms with van der Waals surface area (Å²) in [5.74, 6) is 1.60. The Balaban J connectivity index is 1.87. The predicted octanol–water partition coefficient (Wildman–Crippen LogP) is 3.77. The molecule has 0 bridgehead atoms. The minimum absolute atomic E-state index is 0.222. The highest BCUT2D eigenvalue weighted by atomic mass is 16.7. The summed E-state index contributed by atoms with van der Waals surface area (Å²) in [6.45, 7) is 4.62. The molecule has 0 aromatic carbocycles. The molecule has 2 rings (SSSR count). The Morgan fingerprint density at radius 3 is 2.75 bits per heavy atom. The van der Waals surface area contributed by atoms with E-state index in [4.69, 9.17) is 9.47 Å². The average Bonchev–Trinajstić information content (AvgIpc) is 2.79. The fourth-order valence-electron chi connectivity index (χ4n) is 2.22. The summed E-state index contributed by atoms with van der Waals surface area (Å²) >= 11 is 0. The SMILES string of the molecule is CC(C)C1CCC=C(C=CC2OC=CO2)C1. The molecule has 0 fully saturated rings. The molecule has 0 aromatic heterocycles. The van der Waals surface area contributed by atoms with Crippen molar-refractivity contribution in [3.8, 4) is 0 Å². The lowest BCUT2D eigenvalue weighted by molar-refractivity contribution is 0.0190. The van der Waals surface area contributed by atoms with Crippen molar-refractivity contribution >= 4 is 0 Å². The maximum Gasteiger partial charge on any atom is 0.259 e. The van der Waals surface area contributed by atoms with Gasteiger partial charge >= 0.3 is 0 Å². The zero-order valence-corrected chi connectivity index (χ0v) is 10.1. The Kier molecular flexibility index (Phi) is 3.70. The summed E-state index contributed by atoms with van der Waals surface area (Å²) in [4.78, 5) is 0. The van der Waals surface area contributed by atoms with E-state index in [9.17, 15) is 0 Å². The fraction of sp³-hybridized carbons (Fsp3) is 0.571. The molecule has 0 saturated heterocycles. The Morgan fingerprint density at radius 1 is 1.31 bits per heavy atom. The highest BCUT2D eigenvalue weighted by molar-refractivity contribution is 5.22. The minimum atomic E-state index is -0.222. The van der Waals surface area contributed by atoms with E-state index < -0.39 is 0 Å². The van der Waals surface area contributed by atoms with Gasteiger partial charge in [-0.15, -0.1) is 0 Å². The first-order valence-corrected chi connectivity index (χ1v) is 6.09. The van der Waals surface area contributed by atoms with Crippen molar-refractivity contribution in [2.75, 3.05) is 0 Å². The van der Waals surface area contributed by atoms with E-state index >= 15 is 0 Å². The van der Waals surface area contributed by atoms with Crippen LogP contribution in [-0.2, 0) is 9.47 Å². The molecular weight excluding hydrogens is 200 g/mol. The van der Waals surface area contributed by atoms with Gasteiger partial charge in [-0.3, -0.25) is 0 Å². The van der Waals surface area contributed by atoms with E-state index in [0.29, 0.717) is 0 Å². The monoisotopic (exact) mass is 220 g/mol. The molecule has 1 heterocycles. The third kappa shape index (κ3) is 2.91. The van der Waals surface area contributed by atoms with Crippen molar-refractivity contribution in [3.05, 3.63) is 36.3 Å². The molecule has 0 radical (unpaired) electrons. The van der Waals surface area contributed by atoms with Gasteiger partial charge in [0, 0.05) is 0 Å². The summed E-state index contributed by atoms with van der Waals surface area (Å²) in [6.07, 6.45) is 13.1. The van der Waals surface area contributed by atoms with Crippen LogP contribution in [0.5, 0.6) is 0 Å². The first-order chi connectivity index (χ1) is 7.75. The third-order valence-corrected chi connectivity index (χ3v) is 3.33. The van der Waals surface area contributed by atoms with Gasteiger partial charge in [0.2, 0.25) is 0 Å². The van der Waals surface area contributed by atoms with Gasteiger partial charge < -0.3 is 9.47 Å². The molecule has 0 saturated carbocycles. The van der Waals surface area contributed by atoms with Crippen molar-refractivity contribution in [2.45, 2.75) is 39.4 Å². The van der Waals surface area contributed by atoms with Crippen LogP contribution in [0.2, 0.25) is 0 Å². The average molecular weight is 220 g/mol. The Hall–Kier alpha value is -1.18. The van der Waals surface area contributed by atoms with Crippen LogP contribution >= 0.6 is 0 Å². The van der Waals surface area contributed by atoms with E-state index in [1.54, 1.807) is 12.5 Å². The first-order valence-electron chi connectivity index (χ1n) is 6.09. The molecule has 88 valence electrons. The lowest BCUT2D eigenvalue weighted by Crippen LogP contribution is -2.12. The van der Waals surface area contributed by atoms with Crippen molar-refractivity contribution in [3.63, 3.8) is 0 Å². The number of rotatable bonds is 3. The third-order valence-electron chi connectivity index (χ3n) is 3.33. The standard InChI is InChI=1S/C14H20O2/c1-11(2)13-5-3-4-12(10-13)6-7-14-15-8-9-16-14/h4,6-9,11,13-14H,3,5,10H2,1-2H3. The topological polar surface area (TPSA) is 18.5 Å². The summed E-state index contributed by atoms with van der Waals surface area (Å²) in [5.41, 5.74) is 1.42. The second kappa shape index (κ2) is 5.24. The van der Waals surface area contributed by atoms with Crippen LogP contribution in [0.3, 0.4) is 0 Å². The molecule has 0 spiro atoms. The summed E-state index contributed by atoms with van der Waals surface area (Å²) < 4.78 is 10.4. The Morgan fingerprint density at radius 2 is 2.06 bits per heavy atom. The van der Waals surface area contributed by atoms with E-state index in [2.05, 4.69) is 26.0 Å². The van der Waals surface area contributed by atoms with Crippen LogP contribution in [-0.4, -0.2) is 6.29 Å². The number of hydrogen-bond acceptors (Lipinski definition) is 2. The van der Waals surface area contributed by atoms with E-state index in [1.165, 1.54) is 24.8 Å². The van der Waals surface area contributed by atoms with Gasteiger partial charge in [0.1, 0.15) is 12.5 Å². The second-order valence-electron chi connectivity index (χ2n) is 4.84. The van der Waals surface area contributed by atoms with E-state index in [-0.39, 0.29) is 6.29 Å². The summed E-state index contributed by atoms with van der Waals surface area (Å²) in [6, 6.07) is 0. The molecule has 0 amide bonds. The smallest absolute Gasteiger partial charge is 0.259 e. The van der Waals surface area contributed by atoms with Gasteiger partial charge in [0.25, 0.3) is 6.29 Å². The Labute approximate surface area is 97.6 Å². The van der Waals surface area contributed by atoms with Gasteiger partial charge in [0.05, 0.1) is 0 Å². The van der Waals surface area contributed by atoms with Crippen LogP contribution in [0, 0.1) is 11.8 Å². The van der Waals surface area contributed by atoms with Crippen molar-refractivity contribution in [1.82, 2.24) is 0 Å². The molecule has 1 atom stereocenters. The summed E-state index contributed by atoms with van der Waals surface area (Å²) in [7, 11) is 0. The molecule has 2 aliphatic rings. The quantitative estimate of drug-likeness (QED) is 0.720. The van der Waals surface area contributed by atoms with Crippen LogP contribution < -0.4 is 0 Å². The van der Waals surface area contributed by atoms with Crippen molar-refractivity contribution in [1.29, 1.82) is 0 Å². The van der Waals surface area contributed by atoms with E-state index in [1.807, 2.05) is 6.08 Å².